The highest BCUT2D eigenvalue weighted by Gasteiger charge is 2.14. The fraction of sp³-hybridized carbons (Fsp3) is 0. The van der Waals surface area contributed by atoms with Crippen molar-refractivity contribution in [1.82, 2.24) is 0 Å². The molecule has 5 aromatic carbocycles. The number of hydrogen-bond acceptors (Lipinski definition) is 4. The molecule has 4 N–H and O–H groups in total. The number of rotatable bonds is 8. The van der Waals surface area contributed by atoms with E-state index >= 15 is 0 Å². The van der Waals surface area contributed by atoms with Crippen molar-refractivity contribution in [2.24, 2.45) is 0 Å². The third-order valence-electron chi connectivity index (χ3n) is 6.84. The van der Waals surface area contributed by atoms with Crippen molar-refractivity contribution in [2.45, 2.75) is 0 Å². The second-order valence-electron chi connectivity index (χ2n) is 9.55. The van der Waals surface area contributed by atoms with Crippen molar-refractivity contribution < 1.29 is 39.6 Å². The van der Waals surface area contributed by atoms with Gasteiger partial charge in [-0.25, -0.2) is 19.2 Å². The van der Waals surface area contributed by atoms with Crippen LogP contribution in [0.4, 0.5) is 0 Å². The van der Waals surface area contributed by atoms with Crippen LogP contribution in [-0.2, 0) is 0 Å². The Balaban J connectivity index is 1.37. The van der Waals surface area contributed by atoms with Gasteiger partial charge in [0.2, 0.25) is 0 Å². The molecule has 8 heteroatoms. The second kappa shape index (κ2) is 11.2. The quantitative estimate of drug-likeness (QED) is 0.157. The lowest BCUT2D eigenvalue weighted by atomic mass is 9.95. The first-order chi connectivity index (χ1) is 20.1. The first-order valence-electron chi connectivity index (χ1n) is 12.6. The molecule has 0 fully saturated rings. The van der Waals surface area contributed by atoms with Gasteiger partial charge in [-0.2, -0.15) is 0 Å². The lowest BCUT2D eigenvalue weighted by molar-refractivity contribution is 0.0676. The van der Waals surface area contributed by atoms with E-state index in [2.05, 4.69) is 0 Å². The van der Waals surface area contributed by atoms with Crippen LogP contribution < -0.4 is 0 Å². The molecule has 0 bridgehead atoms. The first kappa shape index (κ1) is 27.5. The van der Waals surface area contributed by atoms with Crippen LogP contribution in [0.2, 0.25) is 0 Å². The summed E-state index contributed by atoms with van der Waals surface area (Å²) in [5.41, 5.74) is 5.68. The average Bonchev–Trinajstić information content (AvgIpc) is 3.00. The summed E-state index contributed by atoms with van der Waals surface area (Å²) in [4.78, 5) is 45.8. The fourth-order valence-corrected chi connectivity index (χ4v) is 4.65. The van der Waals surface area contributed by atoms with Crippen LogP contribution in [0.25, 0.3) is 44.5 Å². The van der Waals surface area contributed by atoms with Gasteiger partial charge < -0.3 is 20.4 Å². The summed E-state index contributed by atoms with van der Waals surface area (Å²) in [5.74, 6) is -4.81. The summed E-state index contributed by atoms with van der Waals surface area (Å²) in [6.07, 6.45) is 0. The Morgan fingerprint density at radius 3 is 0.619 bits per heavy atom. The molecule has 0 radical (unpaired) electrons. The van der Waals surface area contributed by atoms with Gasteiger partial charge in [0.1, 0.15) is 0 Å². The minimum absolute atomic E-state index is 0.101. The van der Waals surface area contributed by atoms with Crippen LogP contribution in [-0.4, -0.2) is 44.3 Å². The predicted octanol–water partition coefficient (Wildman–Crippen LogP) is 7.15. The monoisotopic (exact) mass is 558 g/mol. The molecule has 206 valence electrons. The molecule has 0 spiro atoms. The van der Waals surface area contributed by atoms with E-state index in [-0.39, 0.29) is 22.3 Å². The van der Waals surface area contributed by atoms with Gasteiger partial charge in [0.15, 0.2) is 0 Å². The first-order valence-corrected chi connectivity index (χ1v) is 12.6. The molecule has 0 aliphatic rings. The molecule has 0 atom stereocenters. The highest BCUT2D eigenvalue weighted by atomic mass is 16.4. The maximum atomic E-state index is 11.4. The number of benzene rings is 5. The highest BCUT2D eigenvalue weighted by molar-refractivity contribution is 5.97. The Bertz CT molecular complexity index is 1650. The minimum atomic E-state index is -1.20. The molecule has 5 rings (SSSR count). The lowest BCUT2D eigenvalue weighted by Gasteiger charge is -2.09. The van der Waals surface area contributed by atoms with E-state index in [4.69, 9.17) is 0 Å². The molecule has 0 saturated carbocycles. The van der Waals surface area contributed by atoms with E-state index in [1.807, 2.05) is 72.8 Å². The van der Waals surface area contributed by atoms with Crippen molar-refractivity contribution in [3.05, 3.63) is 131 Å². The van der Waals surface area contributed by atoms with Gasteiger partial charge in [0.05, 0.1) is 22.3 Å². The molecule has 0 aliphatic heterocycles. The van der Waals surface area contributed by atoms with Crippen molar-refractivity contribution in [3.8, 4) is 44.5 Å². The number of carbonyl (C=O) groups is 4. The third kappa shape index (κ3) is 5.78. The Kier molecular flexibility index (Phi) is 7.36. The van der Waals surface area contributed by atoms with Crippen LogP contribution in [0.15, 0.2) is 109 Å². The van der Waals surface area contributed by atoms with Crippen LogP contribution in [0, 0.1) is 0 Å². The SMILES string of the molecule is O=C(O)c1cc(C(=O)O)cc(-c2ccc(-c3ccc(-c4ccc(-c5cc(C(=O)O)cc(C(=O)O)c5)cc4)cc3)cc2)c1. The molecule has 0 heterocycles. The van der Waals surface area contributed by atoms with E-state index in [1.54, 1.807) is 0 Å². The van der Waals surface area contributed by atoms with E-state index in [0.717, 1.165) is 34.4 Å². The number of carboxylic acids is 4. The lowest BCUT2D eigenvalue weighted by Crippen LogP contribution is -2.03. The van der Waals surface area contributed by atoms with Crippen molar-refractivity contribution in [1.29, 1.82) is 0 Å². The normalized spacial score (nSPS) is 10.7. The summed E-state index contributed by atoms with van der Waals surface area (Å²) in [6.45, 7) is 0. The third-order valence-corrected chi connectivity index (χ3v) is 6.84. The molecule has 8 nitrogen and oxygen atoms in total. The Morgan fingerprint density at radius 1 is 0.286 bits per heavy atom. The van der Waals surface area contributed by atoms with Gasteiger partial charge in [-0.3, -0.25) is 0 Å². The Morgan fingerprint density at radius 2 is 0.452 bits per heavy atom. The van der Waals surface area contributed by atoms with Gasteiger partial charge in [-0.05, 0) is 80.9 Å². The topological polar surface area (TPSA) is 149 Å². The fourth-order valence-electron chi connectivity index (χ4n) is 4.65. The standard InChI is InChI=1S/C34H22O8/c35-31(36)27-13-25(14-28(17-27)32(37)38)23-9-5-21(6-10-23)19-1-2-20(4-3-19)22-7-11-24(12-8-22)26-15-29(33(39)40)18-30(16-26)34(41)42/h1-18H,(H,35,36)(H,37,38)(H,39,40)(H,41,42). The van der Waals surface area contributed by atoms with Gasteiger partial charge in [0, 0.05) is 0 Å². The molecule has 0 aliphatic carbocycles. The molecule has 0 saturated heterocycles. The molecule has 0 aromatic heterocycles. The van der Waals surface area contributed by atoms with Gasteiger partial charge in [-0.15, -0.1) is 0 Å². The minimum Gasteiger partial charge on any atom is -0.478 e. The summed E-state index contributed by atoms with van der Waals surface area (Å²) < 4.78 is 0. The smallest absolute Gasteiger partial charge is 0.335 e. The van der Waals surface area contributed by atoms with Crippen LogP contribution in [0.5, 0.6) is 0 Å². The Hall–Kier alpha value is -6.02. The van der Waals surface area contributed by atoms with Gasteiger partial charge in [0.25, 0.3) is 0 Å². The molecule has 0 amide bonds. The van der Waals surface area contributed by atoms with E-state index < -0.39 is 23.9 Å². The largest absolute Gasteiger partial charge is 0.478 e. The van der Waals surface area contributed by atoms with Crippen molar-refractivity contribution >= 4 is 23.9 Å². The average molecular weight is 559 g/mol. The number of hydrogen-bond donors (Lipinski definition) is 4. The van der Waals surface area contributed by atoms with Crippen LogP contribution in [0.3, 0.4) is 0 Å². The number of aromatic carboxylic acids is 4. The van der Waals surface area contributed by atoms with Crippen molar-refractivity contribution in [2.75, 3.05) is 0 Å². The zero-order valence-electron chi connectivity index (χ0n) is 21.8. The maximum Gasteiger partial charge on any atom is 0.335 e. The summed E-state index contributed by atoms with van der Waals surface area (Å²) >= 11 is 0. The maximum absolute atomic E-state index is 11.4. The summed E-state index contributed by atoms with van der Waals surface area (Å²) in [6, 6.07) is 30.6. The zero-order valence-corrected chi connectivity index (χ0v) is 21.8. The van der Waals surface area contributed by atoms with Gasteiger partial charge in [-0.1, -0.05) is 72.8 Å². The molecule has 5 aromatic rings. The molecule has 42 heavy (non-hydrogen) atoms. The van der Waals surface area contributed by atoms with Crippen LogP contribution >= 0.6 is 0 Å². The summed E-state index contributed by atoms with van der Waals surface area (Å²) in [5, 5.41) is 37.4. The van der Waals surface area contributed by atoms with Gasteiger partial charge >= 0.3 is 23.9 Å². The Labute approximate surface area is 239 Å². The van der Waals surface area contributed by atoms with Crippen LogP contribution in [0.1, 0.15) is 41.4 Å². The van der Waals surface area contributed by atoms with E-state index in [1.165, 1.54) is 24.3 Å². The molecular weight excluding hydrogens is 536 g/mol. The predicted molar refractivity (Wildman–Crippen MR) is 156 cm³/mol. The van der Waals surface area contributed by atoms with Crippen molar-refractivity contribution in [3.63, 3.8) is 0 Å². The number of carboxylic acid groups (broad SMARTS) is 4. The highest BCUT2D eigenvalue weighted by Crippen LogP contribution is 2.30. The molecule has 0 unspecified atom stereocenters. The van der Waals surface area contributed by atoms with E-state index in [0.29, 0.717) is 22.3 Å². The second-order valence-corrected chi connectivity index (χ2v) is 9.55. The zero-order chi connectivity index (χ0) is 30.0. The summed E-state index contributed by atoms with van der Waals surface area (Å²) in [7, 11) is 0. The van der Waals surface area contributed by atoms with E-state index in [9.17, 15) is 39.6 Å². The molecular formula is C34H22O8.